The molecule has 1 saturated heterocycles. The number of para-hydroxylation sites is 2. The molecule has 0 spiro atoms. The van der Waals surface area contributed by atoms with Gasteiger partial charge in [-0.2, -0.15) is 0 Å². The molecule has 1 aromatic heterocycles. The summed E-state index contributed by atoms with van der Waals surface area (Å²) in [5.41, 5.74) is 2.75. The van der Waals surface area contributed by atoms with Crippen LogP contribution in [-0.2, 0) is 15.0 Å². The van der Waals surface area contributed by atoms with E-state index in [4.69, 9.17) is 14.2 Å². The van der Waals surface area contributed by atoms with Gasteiger partial charge >= 0.3 is 5.91 Å². The maximum Gasteiger partial charge on any atom is 0.302 e. The Balaban J connectivity index is 1.75. The number of aliphatic hydroxyl groups excluding tert-OH is 1. The number of hydrogen-bond acceptors (Lipinski definition) is 7. The van der Waals surface area contributed by atoms with Crippen molar-refractivity contribution in [3.63, 3.8) is 0 Å². The molecule has 1 fully saturated rings. The number of ether oxygens (including phenoxy) is 3. The Bertz CT molecular complexity index is 1650. The molecule has 0 radical (unpaired) electrons. The summed E-state index contributed by atoms with van der Waals surface area (Å²) in [7, 11) is 3.03. The van der Waals surface area contributed by atoms with Crippen LogP contribution < -0.4 is 19.1 Å². The maximum atomic E-state index is 13.7. The molecule has 0 bridgehead atoms. The molecule has 1 aliphatic heterocycles. The lowest BCUT2D eigenvalue weighted by Crippen LogP contribution is -2.30. The fourth-order valence-corrected chi connectivity index (χ4v) is 5.14. The van der Waals surface area contributed by atoms with E-state index in [-0.39, 0.29) is 22.7 Å². The third-order valence-corrected chi connectivity index (χ3v) is 7.13. The number of H-pyrrole nitrogens is 1. The van der Waals surface area contributed by atoms with Crippen molar-refractivity contribution in [1.29, 1.82) is 0 Å². The van der Waals surface area contributed by atoms with Gasteiger partial charge in [0.1, 0.15) is 11.5 Å². The van der Waals surface area contributed by atoms with Gasteiger partial charge in [0.15, 0.2) is 11.5 Å². The molecule has 2 N–H and O–H groups in total. The lowest BCUT2D eigenvalue weighted by atomic mass is 9.84. The number of carbonyl (C=O) groups excluding carboxylic acids is 2. The minimum absolute atomic E-state index is 0.0632. The molecule has 2 heterocycles. The van der Waals surface area contributed by atoms with Gasteiger partial charge in [0, 0.05) is 11.1 Å². The second kappa shape index (κ2) is 10.6. The highest BCUT2D eigenvalue weighted by Gasteiger charge is 2.48. The van der Waals surface area contributed by atoms with Crippen LogP contribution in [0.15, 0.2) is 66.2 Å². The van der Waals surface area contributed by atoms with Crippen LogP contribution in [0.1, 0.15) is 50.4 Å². The molecule has 1 amide bonds. The fraction of sp³-hybridized carbons (Fsp3) is 0.281. The zero-order valence-corrected chi connectivity index (χ0v) is 23.9. The summed E-state index contributed by atoms with van der Waals surface area (Å²) in [6.07, 6.45) is 0. The van der Waals surface area contributed by atoms with Gasteiger partial charge in [-0.1, -0.05) is 39.0 Å². The number of hydrogen-bond donors (Lipinski definition) is 2. The molecule has 212 valence electrons. The van der Waals surface area contributed by atoms with Crippen molar-refractivity contribution in [3.05, 3.63) is 82.9 Å². The summed E-state index contributed by atoms with van der Waals surface area (Å²) in [6, 6.07) is 16.7. The van der Waals surface area contributed by atoms with Gasteiger partial charge < -0.3 is 24.3 Å². The number of nitrogens with zero attached hydrogens (tertiary/aromatic N) is 2. The number of carbonyl (C=O) groups is 2. The number of imidazole rings is 1. The monoisotopic (exact) mass is 555 g/mol. The summed E-state index contributed by atoms with van der Waals surface area (Å²) in [5.74, 6) is -0.156. The molecule has 4 aromatic rings. The second-order valence-electron chi connectivity index (χ2n) is 10.8. The van der Waals surface area contributed by atoms with Crippen molar-refractivity contribution in [1.82, 2.24) is 9.97 Å². The number of benzene rings is 3. The number of Topliss-reactive ketones (excluding diaryl/α,β-unsaturated/α-hetero) is 1. The van der Waals surface area contributed by atoms with E-state index in [1.54, 1.807) is 36.4 Å². The average Bonchev–Trinajstić information content (AvgIpc) is 3.50. The predicted molar refractivity (Wildman–Crippen MR) is 157 cm³/mol. The fourth-order valence-electron chi connectivity index (χ4n) is 5.14. The summed E-state index contributed by atoms with van der Waals surface area (Å²) in [4.78, 5) is 36.4. The number of aromatic nitrogens is 2. The molecular formula is C32H33N3O6. The lowest BCUT2D eigenvalue weighted by Gasteiger charge is -2.25. The van der Waals surface area contributed by atoms with Crippen molar-refractivity contribution in [3.8, 4) is 17.2 Å². The van der Waals surface area contributed by atoms with Gasteiger partial charge in [0.05, 0.1) is 43.5 Å². The Morgan fingerprint density at radius 2 is 1.68 bits per heavy atom. The molecule has 9 nitrogen and oxygen atoms in total. The first-order chi connectivity index (χ1) is 19.6. The van der Waals surface area contributed by atoms with Crippen LogP contribution in [-0.4, -0.2) is 47.6 Å². The molecule has 3 aromatic carbocycles. The van der Waals surface area contributed by atoms with E-state index in [9.17, 15) is 14.7 Å². The number of nitrogens with one attached hydrogen (secondary N) is 1. The van der Waals surface area contributed by atoms with Crippen molar-refractivity contribution in [2.75, 3.05) is 25.7 Å². The molecule has 9 heteroatoms. The van der Waals surface area contributed by atoms with Gasteiger partial charge in [-0.15, -0.1) is 0 Å². The van der Waals surface area contributed by atoms with E-state index < -0.39 is 17.7 Å². The third-order valence-electron chi connectivity index (χ3n) is 7.13. The van der Waals surface area contributed by atoms with Crippen LogP contribution in [0, 0.1) is 0 Å². The molecule has 0 saturated carbocycles. The Labute approximate surface area is 238 Å². The van der Waals surface area contributed by atoms with E-state index in [1.807, 2.05) is 52.0 Å². The second-order valence-corrected chi connectivity index (χ2v) is 10.8. The summed E-state index contributed by atoms with van der Waals surface area (Å²) in [5, 5.41) is 11.7. The van der Waals surface area contributed by atoms with Crippen LogP contribution in [0.3, 0.4) is 0 Å². The number of anilines is 1. The molecule has 0 aliphatic carbocycles. The molecule has 1 atom stereocenters. The van der Waals surface area contributed by atoms with Crippen LogP contribution in [0.2, 0.25) is 0 Å². The summed E-state index contributed by atoms with van der Waals surface area (Å²) >= 11 is 0. The number of aliphatic hydroxyl groups is 1. The van der Waals surface area contributed by atoms with Gasteiger partial charge in [-0.05, 0) is 60.4 Å². The van der Waals surface area contributed by atoms with Crippen molar-refractivity contribution in [2.45, 2.75) is 39.2 Å². The summed E-state index contributed by atoms with van der Waals surface area (Å²) in [6.45, 7) is 8.51. The Kier molecular flexibility index (Phi) is 7.21. The van der Waals surface area contributed by atoms with Gasteiger partial charge in [0.2, 0.25) is 5.95 Å². The molecule has 41 heavy (non-hydrogen) atoms. The van der Waals surface area contributed by atoms with Crippen molar-refractivity contribution in [2.24, 2.45) is 0 Å². The first-order valence-corrected chi connectivity index (χ1v) is 13.3. The number of rotatable bonds is 7. The SMILES string of the molecule is CCOc1ccc(/C(O)=C2\C(=O)C(=O)N(c3nc4ccccc4[nH]3)C2c2ccc(OC)c(OC)c2)cc1C(C)(C)C. The van der Waals surface area contributed by atoms with Gasteiger partial charge in [-0.3, -0.25) is 14.5 Å². The summed E-state index contributed by atoms with van der Waals surface area (Å²) < 4.78 is 16.8. The van der Waals surface area contributed by atoms with Gasteiger partial charge in [0.25, 0.3) is 5.78 Å². The molecule has 5 rings (SSSR count). The highest BCUT2D eigenvalue weighted by molar-refractivity contribution is 6.51. The number of aromatic amines is 1. The quantitative estimate of drug-likeness (QED) is 0.166. The van der Waals surface area contributed by atoms with Crippen molar-refractivity contribution >= 4 is 34.4 Å². The predicted octanol–water partition coefficient (Wildman–Crippen LogP) is 5.90. The number of fused-ring (bicyclic) bond motifs is 1. The zero-order valence-electron chi connectivity index (χ0n) is 23.9. The van der Waals surface area contributed by atoms with E-state index in [0.29, 0.717) is 46.0 Å². The first-order valence-electron chi connectivity index (χ1n) is 13.3. The normalized spacial score (nSPS) is 16.8. The van der Waals surface area contributed by atoms with Crippen LogP contribution in [0.5, 0.6) is 17.2 Å². The number of methoxy groups -OCH3 is 2. The van der Waals surface area contributed by atoms with Crippen LogP contribution in [0.4, 0.5) is 5.95 Å². The number of ketones is 1. The molecule has 1 unspecified atom stereocenters. The topological polar surface area (TPSA) is 114 Å². The highest BCUT2D eigenvalue weighted by Crippen LogP contribution is 2.44. The zero-order chi connectivity index (χ0) is 29.5. The minimum Gasteiger partial charge on any atom is -0.507 e. The van der Waals surface area contributed by atoms with Crippen molar-refractivity contribution < 1.29 is 28.9 Å². The Hall–Kier alpha value is -4.79. The maximum absolute atomic E-state index is 13.7. The highest BCUT2D eigenvalue weighted by atomic mass is 16.5. The van der Waals surface area contributed by atoms with Crippen LogP contribution in [0.25, 0.3) is 16.8 Å². The molecule has 1 aliphatic rings. The Morgan fingerprint density at radius 3 is 2.34 bits per heavy atom. The third kappa shape index (κ3) is 4.88. The Morgan fingerprint density at radius 1 is 0.976 bits per heavy atom. The van der Waals surface area contributed by atoms with E-state index >= 15 is 0 Å². The molecular weight excluding hydrogens is 522 g/mol. The minimum atomic E-state index is -1.000. The standard InChI is InChI=1S/C32H33N3O6/c1-7-41-23-14-13-19(16-20(23)32(2,3)4)28(36)26-27(18-12-15-24(39-5)25(17-18)40-6)35(30(38)29(26)37)31-33-21-10-8-9-11-22(21)34-31/h8-17,27,36H,7H2,1-6H3,(H,33,34)/b28-26+. The largest absolute Gasteiger partial charge is 0.507 e. The number of amides is 1. The smallest absolute Gasteiger partial charge is 0.302 e. The van der Waals surface area contributed by atoms with Gasteiger partial charge in [-0.25, -0.2) is 4.98 Å². The van der Waals surface area contributed by atoms with E-state index in [0.717, 1.165) is 5.56 Å². The average molecular weight is 556 g/mol. The van der Waals surface area contributed by atoms with Crippen LogP contribution >= 0.6 is 0 Å². The van der Waals surface area contributed by atoms with E-state index in [2.05, 4.69) is 9.97 Å². The first kappa shape index (κ1) is 27.8. The lowest BCUT2D eigenvalue weighted by molar-refractivity contribution is -0.132. The van der Waals surface area contributed by atoms with E-state index in [1.165, 1.54) is 19.1 Å².